The minimum Gasteiger partial charge on any atom is -0.481 e. The molecule has 2 N–H and O–H groups in total. The van der Waals surface area contributed by atoms with E-state index in [0.29, 0.717) is 35.3 Å². The molecule has 1 saturated heterocycles. The maximum absolute atomic E-state index is 13.3. The SMILES string of the molecule is CC1(c2ccccc2)CC(CC(=O)O)CCN1c1ccc(NC(=O)c2ccccc2-c2ccc(C(F)(F)F)cc2)cc1. The molecule has 0 spiro atoms. The molecular formula is C34H31F3N2O3. The van der Waals surface area contributed by atoms with Gasteiger partial charge in [0.25, 0.3) is 5.91 Å². The number of aliphatic carboxylic acids is 1. The maximum Gasteiger partial charge on any atom is 0.416 e. The Kier molecular flexibility index (Phi) is 8.07. The van der Waals surface area contributed by atoms with Gasteiger partial charge in [-0.15, -0.1) is 0 Å². The minimum atomic E-state index is -4.44. The first-order chi connectivity index (χ1) is 20.0. The second-order valence-corrected chi connectivity index (χ2v) is 10.9. The van der Waals surface area contributed by atoms with Crippen LogP contribution in [0.2, 0.25) is 0 Å². The number of alkyl halides is 3. The highest BCUT2D eigenvalue weighted by Crippen LogP contribution is 2.44. The number of benzene rings is 4. The molecule has 0 radical (unpaired) electrons. The Balaban J connectivity index is 1.36. The summed E-state index contributed by atoms with van der Waals surface area (Å²) in [4.78, 5) is 27.0. The molecule has 8 heteroatoms. The molecule has 0 bridgehead atoms. The van der Waals surface area contributed by atoms with Gasteiger partial charge in [-0.25, -0.2) is 0 Å². The van der Waals surface area contributed by atoms with Crippen LogP contribution in [0, 0.1) is 5.92 Å². The molecule has 5 nitrogen and oxygen atoms in total. The van der Waals surface area contributed by atoms with E-state index >= 15 is 0 Å². The van der Waals surface area contributed by atoms with Crippen LogP contribution >= 0.6 is 0 Å². The zero-order valence-electron chi connectivity index (χ0n) is 23.1. The Hall–Kier alpha value is -4.59. The lowest BCUT2D eigenvalue weighted by Crippen LogP contribution is -2.50. The fraction of sp³-hybridized carbons (Fsp3) is 0.235. The quantitative estimate of drug-likeness (QED) is 0.234. The summed E-state index contributed by atoms with van der Waals surface area (Å²) in [5.41, 5.74) is 2.87. The van der Waals surface area contributed by atoms with Gasteiger partial charge in [0.1, 0.15) is 0 Å². The fourth-order valence-electron chi connectivity index (χ4n) is 5.93. The standard InChI is InChI=1S/C34H31F3N2O3/c1-33(25-7-3-2-4-8-25)22-23(21-31(40)41)19-20-39(33)28-17-15-27(16-18-28)38-32(42)30-10-6-5-9-29(30)24-11-13-26(14-12-24)34(35,36)37/h2-18,23H,19-22H2,1H3,(H,38,42)(H,40,41). The molecule has 0 saturated carbocycles. The Morgan fingerprint density at radius 2 is 1.55 bits per heavy atom. The van der Waals surface area contributed by atoms with Gasteiger partial charge in [-0.3, -0.25) is 9.59 Å². The molecule has 1 fully saturated rings. The van der Waals surface area contributed by atoms with E-state index < -0.39 is 23.2 Å². The maximum atomic E-state index is 13.3. The predicted octanol–water partition coefficient (Wildman–Crippen LogP) is 8.23. The summed E-state index contributed by atoms with van der Waals surface area (Å²) >= 11 is 0. The molecule has 5 rings (SSSR count). The van der Waals surface area contributed by atoms with Gasteiger partial charge < -0.3 is 15.3 Å². The molecule has 42 heavy (non-hydrogen) atoms. The number of carboxylic acids is 1. The summed E-state index contributed by atoms with van der Waals surface area (Å²) in [5, 5.41) is 12.3. The number of hydrogen-bond acceptors (Lipinski definition) is 3. The van der Waals surface area contributed by atoms with E-state index in [1.807, 2.05) is 42.5 Å². The van der Waals surface area contributed by atoms with Crippen LogP contribution in [0.5, 0.6) is 0 Å². The number of anilines is 2. The number of halogens is 3. The molecule has 216 valence electrons. The Morgan fingerprint density at radius 1 is 0.905 bits per heavy atom. The van der Waals surface area contributed by atoms with Gasteiger partial charge in [-0.05, 0) is 84.8 Å². The second kappa shape index (κ2) is 11.7. The molecule has 1 aliphatic heterocycles. The largest absolute Gasteiger partial charge is 0.481 e. The van der Waals surface area contributed by atoms with Crippen LogP contribution in [0.1, 0.15) is 47.7 Å². The number of piperidine rings is 1. The first-order valence-corrected chi connectivity index (χ1v) is 13.8. The Bertz CT molecular complexity index is 1550. The van der Waals surface area contributed by atoms with Gasteiger partial charge in [-0.1, -0.05) is 60.7 Å². The lowest BCUT2D eigenvalue weighted by atomic mass is 9.75. The number of carbonyl (C=O) groups is 2. The number of carbonyl (C=O) groups excluding carboxylic acids is 1. The van der Waals surface area contributed by atoms with Gasteiger partial charge in [0, 0.05) is 29.9 Å². The van der Waals surface area contributed by atoms with E-state index in [4.69, 9.17) is 0 Å². The van der Waals surface area contributed by atoms with Crippen molar-refractivity contribution < 1.29 is 27.9 Å². The van der Waals surface area contributed by atoms with Crippen LogP contribution in [-0.4, -0.2) is 23.5 Å². The van der Waals surface area contributed by atoms with Gasteiger partial charge in [-0.2, -0.15) is 13.2 Å². The number of nitrogens with zero attached hydrogens (tertiary/aromatic N) is 1. The van der Waals surface area contributed by atoms with E-state index in [9.17, 15) is 27.9 Å². The lowest BCUT2D eigenvalue weighted by Gasteiger charge is -2.49. The van der Waals surface area contributed by atoms with Crippen molar-refractivity contribution in [2.24, 2.45) is 5.92 Å². The molecule has 0 aliphatic carbocycles. The van der Waals surface area contributed by atoms with Crippen LogP contribution in [0.25, 0.3) is 11.1 Å². The molecule has 2 unspecified atom stereocenters. The van der Waals surface area contributed by atoms with Crippen molar-refractivity contribution in [2.45, 2.75) is 37.9 Å². The van der Waals surface area contributed by atoms with E-state index in [0.717, 1.165) is 29.8 Å². The van der Waals surface area contributed by atoms with Crippen molar-refractivity contribution in [3.8, 4) is 11.1 Å². The molecule has 4 aromatic rings. The van der Waals surface area contributed by atoms with E-state index in [-0.39, 0.29) is 18.2 Å². The van der Waals surface area contributed by atoms with E-state index in [1.165, 1.54) is 12.1 Å². The summed E-state index contributed by atoms with van der Waals surface area (Å²) in [6, 6.07) is 29.2. The zero-order valence-corrected chi connectivity index (χ0v) is 23.1. The molecular weight excluding hydrogens is 541 g/mol. The van der Waals surface area contributed by atoms with Crippen LogP contribution < -0.4 is 10.2 Å². The van der Waals surface area contributed by atoms with E-state index in [1.54, 1.807) is 24.3 Å². The van der Waals surface area contributed by atoms with Crippen LogP contribution in [0.15, 0.2) is 103 Å². The number of nitrogens with one attached hydrogen (secondary N) is 1. The number of rotatable bonds is 7. The van der Waals surface area contributed by atoms with Crippen molar-refractivity contribution >= 4 is 23.3 Å². The van der Waals surface area contributed by atoms with Gasteiger partial charge in [0.05, 0.1) is 11.1 Å². The third-order valence-electron chi connectivity index (χ3n) is 8.03. The lowest BCUT2D eigenvalue weighted by molar-refractivity contribution is -0.139. The van der Waals surface area contributed by atoms with Crippen molar-refractivity contribution in [1.82, 2.24) is 0 Å². The van der Waals surface area contributed by atoms with Gasteiger partial charge >= 0.3 is 12.1 Å². The highest BCUT2D eigenvalue weighted by Gasteiger charge is 2.40. The number of amides is 1. The summed E-state index contributed by atoms with van der Waals surface area (Å²) < 4.78 is 39.1. The molecule has 2 atom stereocenters. The normalized spacial score (nSPS) is 18.9. The number of carboxylic acid groups (broad SMARTS) is 1. The predicted molar refractivity (Wildman–Crippen MR) is 157 cm³/mol. The monoisotopic (exact) mass is 572 g/mol. The van der Waals surface area contributed by atoms with Gasteiger partial charge in [0.2, 0.25) is 0 Å². The average molecular weight is 573 g/mol. The van der Waals surface area contributed by atoms with Crippen molar-refractivity contribution in [3.05, 3.63) is 120 Å². The summed E-state index contributed by atoms with van der Waals surface area (Å²) in [6.07, 6.45) is -2.85. The third-order valence-corrected chi connectivity index (χ3v) is 8.03. The topological polar surface area (TPSA) is 69.6 Å². The van der Waals surface area contributed by atoms with Crippen molar-refractivity contribution in [2.75, 3.05) is 16.8 Å². The molecule has 1 amide bonds. The highest BCUT2D eigenvalue weighted by atomic mass is 19.4. The summed E-state index contributed by atoms with van der Waals surface area (Å²) in [5.74, 6) is -1.10. The Labute approximate surface area is 242 Å². The first kappa shape index (κ1) is 28.9. The first-order valence-electron chi connectivity index (χ1n) is 13.8. The smallest absolute Gasteiger partial charge is 0.416 e. The second-order valence-electron chi connectivity index (χ2n) is 10.9. The van der Waals surface area contributed by atoms with Crippen LogP contribution in [0.4, 0.5) is 24.5 Å². The molecule has 1 heterocycles. The highest BCUT2D eigenvalue weighted by molar-refractivity contribution is 6.08. The number of hydrogen-bond donors (Lipinski definition) is 2. The summed E-state index contributed by atoms with van der Waals surface area (Å²) in [6.45, 7) is 2.83. The molecule has 1 aliphatic rings. The molecule has 4 aromatic carbocycles. The Morgan fingerprint density at radius 3 is 2.19 bits per heavy atom. The van der Waals surface area contributed by atoms with Crippen molar-refractivity contribution in [3.63, 3.8) is 0 Å². The van der Waals surface area contributed by atoms with Crippen LogP contribution in [-0.2, 0) is 16.5 Å². The zero-order chi connectivity index (χ0) is 29.9. The average Bonchev–Trinajstić information content (AvgIpc) is 2.97. The van der Waals surface area contributed by atoms with Crippen LogP contribution in [0.3, 0.4) is 0 Å². The third kappa shape index (κ3) is 6.17. The summed E-state index contributed by atoms with van der Waals surface area (Å²) in [7, 11) is 0. The minimum absolute atomic E-state index is 0.0623. The molecule has 0 aromatic heterocycles. The van der Waals surface area contributed by atoms with Crippen molar-refractivity contribution in [1.29, 1.82) is 0 Å². The van der Waals surface area contributed by atoms with Gasteiger partial charge in [0.15, 0.2) is 0 Å². The van der Waals surface area contributed by atoms with E-state index in [2.05, 4.69) is 29.3 Å². The fourth-order valence-corrected chi connectivity index (χ4v) is 5.93.